The van der Waals surface area contributed by atoms with Crippen molar-refractivity contribution >= 4 is 6.03 Å². The zero-order valence-electron chi connectivity index (χ0n) is 11.2. The SMILES string of the molecule is CC(O)CN(C)C(=O)NCc1ccc(C(F)(F)F)cc1. The van der Waals surface area contributed by atoms with Gasteiger partial charge in [0.05, 0.1) is 11.7 Å². The molecule has 1 aromatic carbocycles. The van der Waals surface area contributed by atoms with Crippen LogP contribution in [0.15, 0.2) is 24.3 Å². The molecule has 0 aliphatic heterocycles. The first kappa shape index (κ1) is 16.3. The van der Waals surface area contributed by atoms with Crippen LogP contribution in [0.5, 0.6) is 0 Å². The van der Waals surface area contributed by atoms with Crippen LogP contribution < -0.4 is 5.32 Å². The van der Waals surface area contributed by atoms with Gasteiger partial charge in [0.25, 0.3) is 0 Å². The lowest BCUT2D eigenvalue weighted by Crippen LogP contribution is -2.40. The van der Waals surface area contributed by atoms with E-state index < -0.39 is 23.9 Å². The molecule has 112 valence electrons. The second kappa shape index (κ2) is 6.60. The number of carbonyl (C=O) groups is 1. The van der Waals surface area contributed by atoms with Crippen molar-refractivity contribution in [3.8, 4) is 0 Å². The van der Waals surface area contributed by atoms with Gasteiger partial charge < -0.3 is 15.3 Å². The third-order valence-electron chi connectivity index (χ3n) is 2.61. The Kier molecular flexibility index (Phi) is 5.38. The van der Waals surface area contributed by atoms with Crippen molar-refractivity contribution in [3.63, 3.8) is 0 Å². The fraction of sp³-hybridized carbons (Fsp3) is 0.462. The fourth-order valence-electron chi connectivity index (χ4n) is 1.60. The number of aliphatic hydroxyl groups excluding tert-OH is 1. The molecule has 4 nitrogen and oxygen atoms in total. The van der Waals surface area contributed by atoms with E-state index in [1.54, 1.807) is 6.92 Å². The van der Waals surface area contributed by atoms with E-state index in [0.29, 0.717) is 5.56 Å². The molecule has 0 aromatic heterocycles. The molecule has 0 saturated carbocycles. The Hall–Kier alpha value is -1.76. The highest BCUT2D eigenvalue weighted by Crippen LogP contribution is 2.28. The number of halogens is 3. The number of nitrogens with zero attached hydrogens (tertiary/aromatic N) is 1. The van der Waals surface area contributed by atoms with Crippen molar-refractivity contribution in [1.82, 2.24) is 10.2 Å². The number of carbonyl (C=O) groups excluding carboxylic acids is 1. The number of nitrogens with one attached hydrogen (secondary N) is 1. The van der Waals surface area contributed by atoms with E-state index >= 15 is 0 Å². The molecule has 2 N–H and O–H groups in total. The summed E-state index contributed by atoms with van der Waals surface area (Å²) in [5.74, 6) is 0. The van der Waals surface area contributed by atoms with Crippen molar-refractivity contribution < 1.29 is 23.1 Å². The lowest BCUT2D eigenvalue weighted by molar-refractivity contribution is -0.137. The third-order valence-corrected chi connectivity index (χ3v) is 2.61. The van der Waals surface area contributed by atoms with Gasteiger partial charge in [0, 0.05) is 20.1 Å². The van der Waals surface area contributed by atoms with Crippen LogP contribution in [0, 0.1) is 0 Å². The van der Waals surface area contributed by atoms with Crippen molar-refractivity contribution in [2.75, 3.05) is 13.6 Å². The van der Waals surface area contributed by atoms with Crippen LogP contribution in [0.4, 0.5) is 18.0 Å². The van der Waals surface area contributed by atoms with Crippen molar-refractivity contribution in [2.24, 2.45) is 0 Å². The molecule has 0 aliphatic rings. The summed E-state index contributed by atoms with van der Waals surface area (Å²) in [5.41, 5.74) is -0.157. The van der Waals surface area contributed by atoms with Crippen molar-refractivity contribution in [2.45, 2.75) is 25.7 Å². The van der Waals surface area contributed by atoms with Crippen LogP contribution in [-0.2, 0) is 12.7 Å². The predicted octanol–water partition coefficient (Wildman–Crippen LogP) is 2.23. The number of amides is 2. The minimum Gasteiger partial charge on any atom is -0.392 e. The number of benzene rings is 1. The second-order valence-corrected chi connectivity index (χ2v) is 4.58. The Morgan fingerprint density at radius 1 is 1.35 bits per heavy atom. The van der Waals surface area contributed by atoms with E-state index in [9.17, 15) is 18.0 Å². The van der Waals surface area contributed by atoms with Crippen LogP contribution in [-0.4, -0.2) is 35.7 Å². The number of aliphatic hydroxyl groups is 1. The molecule has 0 spiro atoms. The largest absolute Gasteiger partial charge is 0.416 e. The molecular weight excluding hydrogens is 273 g/mol. The highest BCUT2D eigenvalue weighted by Gasteiger charge is 2.29. The predicted molar refractivity (Wildman–Crippen MR) is 68.0 cm³/mol. The van der Waals surface area contributed by atoms with Gasteiger partial charge >= 0.3 is 12.2 Å². The van der Waals surface area contributed by atoms with Gasteiger partial charge in [0.2, 0.25) is 0 Å². The molecule has 20 heavy (non-hydrogen) atoms. The van der Waals surface area contributed by atoms with Gasteiger partial charge in [-0.3, -0.25) is 0 Å². The maximum absolute atomic E-state index is 12.4. The monoisotopic (exact) mass is 290 g/mol. The third kappa shape index (κ3) is 5.08. The van der Waals surface area contributed by atoms with Crippen LogP contribution in [0.2, 0.25) is 0 Å². The van der Waals surface area contributed by atoms with E-state index in [1.807, 2.05) is 0 Å². The van der Waals surface area contributed by atoms with E-state index in [-0.39, 0.29) is 13.1 Å². The lowest BCUT2D eigenvalue weighted by atomic mass is 10.1. The normalized spacial score (nSPS) is 12.9. The summed E-state index contributed by atoms with van der Waals surface area (Å²) < 4.78 is 37.1. The summed E-state index contributed by atoms with van der Waals surface area (Å²) in [6.45, 7) is 1.86. The summed E-state index contributed by atoms with van der Waals surface area (Å²) >= 11 is 0. The number of rotatable bonds is 4. The highest BCUT2D eigenvalue weighted by molar-refractivity contribution is 5.73. The molecule has 2 amide bonds. The van der Waals surface area contributed by atoms with Crippen LogP contribution >= 0.6 is 0 Å². The zero-order valence-corrected chi connectivity index (χ0v) is 11.2. The molecule has 1 rings (SSSR count). The van der Waals surface area contributed by atoms with Crippen LogP contribution in [0.25, 0.3) is 0 Å². The lowest BCUT2D eigenvalue weighted by Gasteiger charge is -2.19. The first-order chi connectivity index (χ1) is 9.20. The summed E-state index contributed by atoms with van der Waals surface area (Å²) in [4.78, 5) is 12.9. The Morgan fingerprint density at radius 3 is 2.35 bits per heavy atom. The molecule has 0 bridgehead atoms. The van der Waals surface area contributed by atoms with Gasteiger partial charge in [-0.05, 0) is 24.6 Å². The van der Waals surface area contributed by atoms with Gasteiger partial charge in [0.15, 0.2) is 0 Å². The molecule has 0 saturated heterocycles. The Balaban J connectivity index is 2.52. The highest BCUT2D eigenvalue weighted by atomic mass is 19.4. The first-order valence-electron chi connectivity index (χ1n) is 6.03. The van der Waals surface area contributed by atoms with Crippen molar-refractivity contribution in [1.29, 1.82) is 0 Å². The van der Waals surface area contributed by atoms with Crippen molar-refractivity contribution in [3.05, 3.63) is 35.4 Å². The summed E-state index contributed by atoms with van der Waals surface area (Å²) in [5, 5.41) is 11.7. The van der Waals surface area contributed by atoms with Gasteiger partial charge in [-0.15, -0.1) is 0 Å². The summed E-state index contributed by atoms with van der Waals surface area (Å²) in [6, 6.07) is 4.18. The van der Waals surface area contributed by atoms with Gasteiger partial charge in [0.1, 0.15) is 0 Å². The minimum absolute atomic E-state index is 0.126. The number of hydrogen-bond acceptors (Lipinski definition) is 2. The van der Waals surface area contributed by atoms with Crippen LogP contribution in [0.1, 0.15) is 18.1 Å². The van der Waals surface area contributed by atoms with Crippen LogP contribution in [0.3, 0.4) is 0 Å². The topological polar surface area (TPSA) is 52.6 Å². The fourth-order valence-corrected chi connectivity index (χ4v) is 1.60. The number of urea groups is 1. The van der Waals surface area contributed by atoms with E-state index in [4.69, 9.17) is 5.11 Å². The standard InChI is InChI=1S/C13H17F3N2O2/c1-9(19)8-18(2)12(20)17-7-10-3-5-11(6-4-10)13(14,15)16/h3-6,9,19H,7-8H2,1-2H3,(H,17,20). The molecule has 0 fully saturated rings. The first-order valence-corrected chi connectivity index (χ1v) is 6.03. The maximum atomic E-state index is 12.4. The van der Waals surface area contributed by atoms with E-state index in [0.717, 1.165) is 12.1 Å². The molecule has 0 heterocycles. The molecule has 0 radical (unpaired) electrons. The summed E-state index contributed by atoms with van der Waals surface area (Å²) in [6.07, 6.45) is -5.00. The molecule has 1 unspecified atom stereocenters. The number of likely N-dealkylation sites (N-methyl/N-ethyl adjacent to an activating group) is 1. The van der Waals surface area contributed by atoms with Gasteiger partial charge in [-0.2, -0.15) is 13.2 Å². The zero-order chi connectivity index (χ0) is 15.3. The summed E-state index contributed by atoms with van der Waals surface area (Å²) in [7, 11) is 1.52. The van der Waals surface area contributed by atoms with E-state index in [1.165, 1.54) is 24.1 Å². The van der Waals surface area contributed by atoms with Gasteiger partial charge in [-0.1, -0.05) is 12.1 Å². The number of hydrogen-bond donors (Lipinski definition) is 2. The quantitative estimate of drug-likeness (QED) is 0.893. The average molecular weight is 290 g/mol. The van der Waals surface area contributed by atoms with Gasteiger partial charge in [-0.25, -0.2) is 4.79 Å². The average Bonchev–Trinajstić information content (AvgIpc) is 2.34. The second-order valence-electron chi connectivity index (χ2n) is 4.58. The van der Waals surface area contributed by atoms with E-state index in [2.05, 4.69) is 5.32 Å². The molecular formula is C13H17F3N2O2. The molecule has 0 aliphatic carbocycles. The Labute approximate surface area is 115 Å². The number of alkyl halides is 3. The Morgan fingerprint density at radius 2 is 1.90 bits per heavy atom. The molecule has 1 atom stereocenters. The minimum atomic E-state index is -4.36. The Bertz CT molecular complexity index is 444. The smallest absolute Gasteiger partial charge is 0.392 e. The maximum Gasteiger partial charge on any atom is 0.416 e. The molecule has 1 aromatic rings. The molecule has 7 heteroatoms.